The molecule has 10 heteroatoms. The molecular weight excluding hydrogens is 442 g/mol. The minimum atomic E-state index is -4.15. The van der Waals surface area contributed by atoms with Crippen LogP contribution in [0.5, 0.6) is 5.75 Å². The number of hydrogen-bond donors (Lipinski definition) is 0. The van der Waals surface area contributed by atoms with Crippen LogP contribution in [0.3, 0.4) is 0 Å². The van der Waals surface area contributed by atoms with Gasteiger partial charge >= 0.3 is 0 Å². The predicted octanol–water partition coefficient (Wildman–Crippen LogP) is 3.28. The monoisotopic (exact) mass is 462 g/mol. The average molecular weight is 462 g/mol. The van der Waals surface area contributed by atoms with Crippen molar-refractivity contribution in [3.05, 3.63) is 83.8 Å². The third-order valence-electron chi connectivity index (χ3n) is 5.12. The van der Waals surface area contributed by atoms with Gasteiger partial charge in [0.25, 0.3) is 5.91 Å². The first-order valence-corrected chi connectivity index (χ1v) is 11.3. The molecule has 0 bridgehead atoms. The van der Waals surface area contributed by atoms with Crippen molar-refractivity contribution in [2.45, 2.75) is 11.5 Å². The number of rotatable bonds is 6. The van der Waals surface area contributed by atoms with Crippen LogP contribution < -0.4 is 4.74 Å². The van der Waals surface area contributed by atoms with Gasteiger partial charge in [-0.05, 0) is 30.3 Å². The maximum absolute atomic E-state index is 14.0. The van der Waals surface area contributed by atoms with E-state index in [2.05, 4.69) is 0 Å². The zero-order chi connectivity index (χ0) is 22.7. The summed E-state index contributed by atoms with van der Waals surface area (Å²) in [6.07, 6.45) is 1.40. The standard InChI is InChI=1S/C22H20F2N2O5S/c23-17-6-7-20(19(24)14-17)32(28,29)26-11-9-25(10-12-26)22(27)21-16(8-13-30-21)15-31-18-4-2-1-3-5-18/h1-8,13-14H,9-12,15H2. The Morgan fingerprint density at radius 1 is 1.00 bits per heavy atom. The molecule has 1 aliphatic rings. The molecular formula is C22H20F2N2O5S. The summed E-state index contributed by atoms with van der Waals surface area (Å²) in [6, 6.07) is 13.1. The van der Waals surface area contributed by atoms with E-state index in [1.54, 1.807) is 18.2 Å². The highest BCUT2D eigenvalue weighted by atomic mass is 32.2. The van der Waals surface area contributed by atoms with Gasteiger partial charge in [0.2, 0.25) is 10.0 Å². The van der Waals surface area contributed by atoms with Gasteiger partial charge in [0.05, 0.1) is 6.26 Å². The molecule has 0 atom stereocenters. The largest absolute Gasteiger partial charge is 0.489 e. The zero-order valence-corrected chi connectivity index (χ0v) is 17.7. The lowest BCUT2D eigenvalue weighted by molar-refractivity contribution is 0.0662. The van der Waals surface area contributed by atoms with E-state index < -0.39 is 26.6 Å². The van der Waals surface area contributed by atoms with Gasteiger partial charge < -0.3 is 14.1 Å². The molecule has 0 N–H and O–H groups in total. The van der Waals surface area contributed by atoms with Crippen molar-refractivity contribution in [2.75, 3.05) is 26.2 Å². The fourth-order valence-corrected chi connectivity index (χ4v) is 4.88. The Morgan fingerprint density at radius 2 is 1.72 bits per heavy atom. The van der Waals surface area contributed by atoms with Crippen LogP contribution in [0.25, 0.3) is 0 Å². The van der Waals surface area contributed by atoms with Crippen molar-refractivity contribution in [1.82, 2.24) is 9.21 Å². The molecule has 7 nitrogen and oxygen atoms in total. The number of furan rings is 1. The maximum atomic E-state index is 14.0. The third-order valence-corrected chi connectivity index (χ3v) is 7.05. The highest BCUT2D eigenvalue weighted by Gasteiger charge is 2.33. The number of piperazine rings is 1. The Morgan fingerprint density at radius 3 is 2.41 bits per heavy atom. The maximum Gasteiger partial charge on any atom is 0.290 e. The minimum Gasteiger partial charge on any atom is -0.489 e. The Balaban J connectivity index is 1.40. The molecule has 168 valence electrons. The summed E-state index contributed by atoms with van der Waals surface area (Å²) in [7, 11) is -4.15. The van der Waals surface area contributed by atoms with Crippen molar-refractivity contribution >= 4 is 15.9 Å². The van der Waals surface area contributed by atoms with Crippen LogP contribution in [-0.2, 0) is 16.6 Å². The van der Waals surface area contributed by atoms with Crippen molar-refractivity contribution in [3.8, 4) is 5.75 Å². The number of benzene rings is 2. The fraction of sp³-hybridized carbons (Fsp3) is 0.227. The number of carbonyl (C=O) groups is 1. The van der Waals surface area contributed by atoms with Gasteiger partial charge in [-0.1, -0.05) is 18.2 Å². The molecule has 32 heavy (non-hydrogen) atoms. The number of nitrogens with zero attached hydrogens (tertiary/aromatic N) is 2. The highest BCUT2D eigenvalue weighted by Crippen LogP contribution is 2.23. The smallest absolute Gasteiger partial charge is 0.290 e. The Kier molecular flexibility index (Phi) is 6.24. The Hall–Kier alpha value is -3.24. The van der Waals surface area contributed by atoms with Gasteiger partial charge in [0.15, 0.2) is 5.76 Å². The second-order valence-electron chi connectivity index (χ2n) is 7.15. The van der Waals surface area contributed by atoms with Crippen molar-refractivity contribution in [3.63, 3.8) is 0 Å². The number of sulfonamides is 1. The van der Waals surface area contributed by atoms with Crippen molar-refractivity contribution in [1.29, 1.82) is 0 Å². The molecule has 0 spiro atoms. The van der Waals surface area contributed by atoms with E-state index in [0.29, 0.717) is 17.4 Å². The quantitative estimate of drug-likeness (QED) is 0.562. The second-order valence-corrected chi connectivity index (χ2v) is 9.05. The highest BCUT2D eigenvalue weighted by molar-refractivity contribution is 7.89. The van der Waals surface area contributed by atoms with E-state index >= 15 is 0 Å². The lowest BCUT2D eigenvalue weighted by Gasteiger charge is -2.33. The minimum absolute atomic E-state index is 0.0263. The Labute approximate surface area is 183 Å². The fourth-order valence-electron chi connectivity index (χ4n) is 3.41. The summed E-state index contributed by atoms with van der Waals surface area (Å²) >= 11 is 0. The van der Waals surface area contributed by atoms with Crippen LogP contribution in [0.1, 0.15) is 16.1 Å². The molecule has 4 rings (SSSR count). The number of halogens is 2. The van der Waals surface area contributed by atoms with Gasteiger partial charge in [0, 0.05) is 37.8 Å². The molecule has 1 saturated heterocycles. The molecule has 1 aromatic heterocycles. The average Bonchev–Trinajstić information content (AvgIpc) is 3.26. The van der Waals surface area contributed by atoms with Crippen LogP contribution in [-0.4, -0.2) is 49.7 Å². The number of ether oxygens (including phenoxy) is 1. The first-order valence-electron chi connectivity index (χ1n) is 9.85. The van der Waals surface area contributed by atoms with Gasteiger partial charge in [-0.2, -0.15) is 4.31 Å². The first kappa shape index (κ1) is 22.0. The predicted molar refractivity (Wildman–Crippen MR) is 111 cm³/mol. The summed E-state index contributed by atoms with van der Waals surface area (Å²) in [4.78, 5) is 13.8. The molecule has 2 aromatic carbocycles. The molecule has 0 radical (unpaired) electrons. The molecule has 0 saturated carbocycles. The summed E-state index contributed by atoms with van der Waals surface area (Å²) in [6.45, 7) is 0.282. The van der Waals surface area contributed by atoms with Crippen LogP contribution in [0, 0.1) is 11.6 Å². The molecule has 2 heterocycles. The van der Waals surface area contributed by atoms with Crippen molar-refractivity contribution < 1.29 is 31.1 Å². The van der Waals surface area contributed by atoms with Crippen LogP contribution in [0.4, 0.5) is 8.78 Å². The molecule has 0 aliphatic carbocycles. The number of para-hydroxylation sites is 1. The molecule has 1 fully saturated rings. The normalized spacial score (nSPS) is 15.0. The van der Waals surface area contributed by atoms with E-state index in [4.69, 9.17) is 9.15 Å². The van der Waals surface area contributed by atoms with Crippen LogP contribution in [0.15, 0.2) is 70.2 Å². The first-order chi connectivity index (χ1) is 15.4. The molecule has 1 aliphatic heterocycles. The van der Waals surface area contributed by atoms with Crippen molar-refractivity contribution in [2.24, 2.45) is 0 Å². The van der Waals surface area contributed by atoms with E-state index in [1.807, 2.05) is 18.2 Å². The van der Waals surface area contributed by atoms with Gasteiger partial charge in [-0.15, -0.1) is 0 Å². The number of hydrogen-bond acceptors (Lipinski definition) is 5. The second kappa shape index (κ2) is 9.09. The molecule has 0 unspecified atom stereocenters. The van der Waals surface area contributed by atoms with Crippen LogP contribution >= 0.6 is 0 Å². The SMILES string of the molecule is O=C(c1occc1COc1ccccc1)N1CCN(S(=O)(=O)c2ccc(F)cc2F)CC1. The third kappa shape index (κ3) is 4.51. The van der Waals surface area contributed by atoms with Gasteiger partial charge in [-0.3, -0.25) is 4.79 Å². The lowest BCUT2D eigenvalue weighted by Crippen LogP contribution is -2.50. The summed E-state index contributed by atoms with van der Waals surface area (Å²) in [5.74, 6) is -1.61. The summed E-state index contributed by atoms with van der Waals surface area (Å²) in [5.41, 5.74) is 0.572. The van der Waals surface area contributed by atoms with Gasteiger partial charge in [-0.25, -0.2) is 17.2 Å². The zero-order valence-electron chi connectivity index (χ0n) is 16.9. The Bertz CT molecular complexity index is 1210. The van der Waals surface area contributed by atoms with E-state index in [-0.39, 0.29) is 44.5 Å². The van der Waals surface area contributed by atoms with E-state index in [1.165, 1.54) is 11.2 Å². The van der Waals surface area contributed by atoms with E-state index in [9.17, 15) is 22.0 Å². The van der Waals surface area contributed by atoms with Crippen LogP contribution in [0.2, 0.25) is 0 Å². The lowest BCUT2D eigenvalue weighted by atomic mass is 10.2. The summed E-state index contributed by atoms with van der Waals surface area (Å²) < 4.78 is 64.7. The number of carbonyl (C=O) groups excluding carboxylic acids is 1. The van der Waals surface area contributed by atoms with E-state index in [0.717, 1.165) is 16.4 Å². The topological polar surface area (TPSA) is 80.1 Å². The van der Waals surface area contributed by atoms with Gasteiger partial charge in [0.1, 0.15) is 28.9 Å². The summed E-state index contributed by atoms with van der Waals surface area (Å²) in [5, 5.41) is 0. The number of amides is 1. The molecule has 3 aromatic rings. The molecule has 1 amide bonds.